The van der Waals surface area contributed by atoms with Crippen molar-refractivity contribution in [2.75, 3.05) is 13.1 Å². The Morgan fingerprint density at radius 1 is 1.31 bits per heavy atom. The van der Waals surface area contributed by atoms with Crippen LogP contribution in [0, 0.1) is 5.92 Å². The van der Waals surface area contributed by atoms with Gasteiger partial charge in [-0.3, -0.25) is 0 Å². The van der Waals surface area contributed by atoms with E-state index in [9.17, 15) is 0 Å². The molecule has 2 nitrogen and oxygen atoms in total. The van der Waals surface area contributed by atoms with Crippen molar-refractivity contribution in [3.05, 3.63) is 0 Å². The molecule has 0 aliphatic rings. The first kappa shape index (κ1) is 12.7. The van der Waals surface area contributed by atoms with E-state index < -0.39 is 0 Å². The van der Waals surface area contributed by atoms with Crippen molar-refractivity contribution in [1.82, 2.24) is 10.2 Å². The predicted octanol–water partition coefficient (Wildman–Crippen LogP) is 2.25. The lowest BCUT2D eigenvalue weighted by Crippen LogP contribution is -2.44. The molecule has 0 aromatic heterocycles. The van der Waals surface area contributed by atoms with E-state index in [2.05, 4.69) is 44.8 Å². The maximum Gasteiger partial charge on any atom is 0.169 e. The second kappa shape index (κ2) is 6.19. The third kappa shape index (κ3) is 5.09. The molecule has 0 unspecified atom stereocenters. The Morgan fingerprint density at radius 2 is 1.85 bits per heavy atom. The van der Waals surface area contributed by atoms with Crippen LogP contribution in [0.15, 0.2) is 0 Å². The lowest BCUT2D eigenvalue weighted by atomic mass is 10.2. The molecule has 0 atom stereocenters. The fourth-order valence-corrected chi connectivity index (χ4v) is 1.56. The van der Waals surface area contributed by atoms with E-state index >= 15 is 0 Å². The molecule has 0 heterocycles. The molecule has 0 aliphatic heterocycles. The third-order valence-corrected chi connectivity index (χ3v) is 2.27. The molecule has 0 fully saturated rings. The minimum Gasteiger partial charge on any atom is -0.362 e. The molecule has 1 N–H and O–H groups in total. The number of rotatable bonds is 4. The Morgan fingerprint density at radius 3 is 2.15 bits per heavy atom. The molecule has 0 aliphatic carbocycles. The van der Waals surface area contributed by atoms with E-state index in [-0.39, 0.29) is 0 Å². The molecule has 0 bridgehead atoms. The van der Waals surface area contributed by atoms with Crippen molar-refractivity contribution in [1.29, 1.82) is 0 Å². The van der Waals surface area contributed by atoms with Crippen molar-refractivity contribution in [3.8, 4) is 0 Å². The Balaban J connectivity index is 3.92. The highest BCUT2D eigenvalue weighted by molar-refractivity contribution is 7.80. The first-order valence-corrected chi connectivity index (χ1v) is 5.44. The van der Waals surface area contributed by atoms with Crippen molar-refractivity contribution in [2.45, 2.75) is 40.7 Å². The van der Waals surface area contributed by atoms with Crippen LogP contribution in [-0.2, 0) is 0 Å². The zero-order chi connectivity index (χ0) is 10.4. The minimum absolute atomic E-state index is 0.483. The summed E-state index contributed by atoms with van der Waals surface area (Å²) in [6.07, 6.45) is 0. The topological polar surface area (TPSA) is 15.3 Å². The van der Waals surface area contributed by atoms with Crippen LogP contribution in [0.1, 0.15) is 34.6 Å². The molecular formula is C10H22N2S. The summed E-state index contributed by atoms with van der Waals surface area (Å²) in [5.74, 6) is 0.642. The summed E-state index contributed by atoms with van der Waals surface area (Å²) in [6.45, 7) is 12.7. The van der Waals surface area contributed by atoms with Gasteiger partial charge in [0.25, 0.3) is 0 Å². The van der Waals surface area contributed by atoms with E-state index in [4.69, 9.17) is 12.2 Å². The van der Waals surface area contributed by atoms with Crippen molar-refractivity contribution < 1.29 is 0 Å². The molecular weight excluding hydrogens is 180 g/mol. The van der Waals surface area contributed by atoms with Crippen molar-refractivity contribution in [2.24, 2.45) is 5.92 Å². The molecule has 0 saturated heterocycles. The minimum atomic E-state index is 0.483. The maximum absolute atomic E-state index is 5.28. The number of thiocarbonyl (C=S) groups is 1. The van der Waals surface area contributed by atoms with Crippen molar-refractivity contribution >= 4 is 17.3 Å². The fourth-order valence-electron chi connectivity index (χ4n) is 1.14. The molecule has 0 saturated carbocycles. The average molecular weight is 202 g/mol. The summed E-state index contributed by atoms with van der Waals surface area (Å²) in [7, 11) is 0. The van der Waals surface area contributed by atoms with Crippen LogP contribution in [0.25, 0.3) is 0 Å². The van der Waals surface area contributed by atoms with Gasteiger partial charge in [-0.05, 0) is 38.9 Å². The Kier molecular flexibility index (Phi) is 6.04. The van der Waals surface area contributed by atoms with Gasteiger partial charge in [0.2, 0.25) is 0 Å². The SMILES string of the molecule is CCN(C(=S)NCC(C)C)C(C)C. The van der Waals surface area contributed by atoms with Crippen LogP contribution in [-0.4, -0.2) is 29.1 Å². The van der Waals surface area contributed by atoms with Gasteiger partial charge < -0.3 is 10.2 Å². The summed E-state index contributed by atoms with van der Waals surface area (Å²) in [5, 5.41) is 4.15. The second-order valence-corrected chi connectivity index (χ2v) is 4.35. The molecule has 0 aromatic carbocycles. The number of hydrogen-bond acceptors (Lipinski definition) is 1. The Hall–Kier alpha value is -0.310. The Bertz CT molecular complexity index is 155. The first-order chi connectivity index (χ1) is 5.99. The molecule has 0 rings (SSSR count). The van der Waals surface area contributed by atoms with Gasteiger partial charge in [-0.25, -0.2) is 0 Å². The third-order valence-electron chi connectivity index (χ3n) is 1.89. The number of nitrogens with zero attached hydrogens (tertiary/aromatic N) is 1. The van der Waals surface area contributed by atoms with Gasteiger partial charge in [0.05, 0.1) is 0 Å². The zero-order valence-electron chi connectivity index (χ0n) is 9.42. The fraction of sp³-hybridized carbons (Fsp3) is 0.900. The van der Waals surface area contributed by atoms with Crippen molar-refractivity contribution in [3.63, 3.8) is 0 Å². The zero-order valence-corrected chi connectivity index (χ0v) is 10.2. The molecule has 0 amide bonds. The highest BCUT2D eigenvalue weighted by Crippen LogP contribution is 1.98. The lowest BCUT2D eigenvalue weighted by Gasteiger charge is -2.28. The molecule has 0 radical (unpaired) electrons. The summed E-state index contributed by atoms with van der Waals surface area (Å²) < 4.78 is 0. The summed E-state index contributed by atoms with van der Waals surface area (Å²) >= 11 is 5.28. The first-order valence-electron chi connectivity index (χ1n) is 5.03. The van der Waals surface area contributed by atoms with E-state index in [1.165, 1.54) is 0 Å². The van der Waals surface area contributed by atoms with Gasteiger partial charge >= 0.3 is 0 Å². The maximum atomic E-state index is 5.28. The van der Waals surface area contributed by atoms with E-state index in [0.717, 1.165) is 18.2 Å². The normalized spacial score (nSPS) is 10.7. The Labute approximate surface area is 87.7 Å². The molecule has 13 heavy (non-hydrogen) atoms. The van der Waals surface area contributed by atoms with Gasteiger partial charge in [0.1, 0.15) is 0 Å². The smallest absolute Gasteiger partial charge is 0.169 e. The van der Waals surface area contributed by atoms with E-state index in [0.29, 0.717) is 12.0 Å². The molecule has 78 valence electrons. The van der Waals surface area contributed by atoms with Gasteiger partial charge in [0.15, 0.2) is 5.11 Å². The second-order valence-electron chi connectivity index (χ2n) is 3.96. The summed E-state index contributed by atoms with van der Waals surface area (Å²) in [5.41, 5.74) is 0. The largest absolute Gasteiger partial charge is 0.362 e. The van der Waals surface area contributed by atoms with Crippen LogP contribution in [0.3, 0.4) is 0 Å². The van der Waals surface area contributed by atoms with Gasteiger partial charge in [-0.15, -0.1) is 0 Å². The number of hydrogen-bond donors (Lipinski definition) is 1. The van der Waals surface area contributed by atoms with Crippen LogP contribution in [0.5, 0.6) is 0 Å². The van der Waals surface area contributed by atoms with E-state index in [1.54, 1.807) is 0 Å². The molecule has 0 spiro atoms. The van der Waals surface area contributed by atoms with Crippen LogP contribution < -0.4 is 5.32 Å². The molecule has 0 aromatic rings. The van der Waals surface area contributed by atoms with Crippen LogP contribution >= 0.6 is 12.2 Å². The van der Waals surface area contributed by atoms with Gasteiger partial charge in [0, 0.05) is 19.1 Å². The summed E-state index contributed by atoms with van der Waals surface area (Å²) in [6, 6.07) is 0.483. The highest BCUT2D eigenvalue weighted by Gasteiger charge is 2.10. The van der Waals surface area contributed by atoms with Gasteiger partial charge in [-0.1, -0.05) is 13.8 Å². The highest BCUT2D eigenvalue weighted by atomic mass is 32.1. The number of nitrogens with one attached hydrogen (secondary N) is 1. The standard InChI is InChI=1S/C10H22N2S/c1-6-12(9(4)5)10(13)11-7-8(2)3/h8-9H,6-7H2,1-5H3,(H,11,13). The quantitative estimate of drug-likeness (QED) is 0.704. The van der Waals surface area contributed by atoms with E-state index in [1.807, 2.05) is 0 Å². The van der Waals surface area contributed by atoms with Crippen LogP contribution in [0.4, 0.5) is 0 Å². The predicted molar refractivity (Wildman–Crippen MR) is 63.0 cm³/mol. The monoisotopic (exact) mass is 202 g/mol. The van der Waals surface area contributed by atoms with Gasteiger partial charge in [-0.2, -0.15) is 0 Å². The summed E-state index contributed by atoms with van der Waals surface area (Å²) in [4.78, 5) is 2.19. The lowest BCUT2D eigenvalue weighted by molar-refractivity contribution is 0.359. The van der Waals surface area contributed by atoms with Crippen LogP contribution in [0.2, 0.25) is 0 Å². The average Bonchev–Trinajstić information content (AvgIpc) is 2.01. The molecule has 3 heteroatoms.